The van der Waals surface area contributed by atoms with Crippen molar-refractivity contribution in [2.45, 2.75) is 18.9 Å². The molecule has 1 amide bonds. The Bertz CT molecular complexity index is 1660. The lowest BCUT2D eigenvalue weighted by Crippen LogP contribution is -2.52. The number of amides is 1. The van der Waals surface area contributed by atoms with Gasteiger partial charge in [-0.1, -0.05) is 36.4 Å². The molecule has 11 nitrogen and oxygen atoms in total. The number of ether oxygens (including phenoxy) is 4. The van der Waals surface area contributed by atoms with Crippen molar-refractivity contribution in [1.29, 1.82) is 0 Å². The van der Waals surface area contributed by atoms with E-state index in [9.17, 15) is 19.2 Å². The van der Waals surface area contributed by atoms with Crippen LogP contribution in [0.2, 0.25) is 0 Å². The van der Waals surface area contributed by atoms with Gasteiger partial charge in [0.05, 0.1) is 33.4 Å². The second-order valence-electron chi connectivity index (χ2n) is 9.30. The lowest BCUT2D eigenvalue weighted by molar-refractivity contribution is -0.140. The number of methoxy groups -OCH3 is 3. The minimum Gasteiger partial charge on any atom is -0.496 e. The molecule has 2 aliphatic heterocycles. The molecule has 0 fully saturated rings. The van der Waals surface area contributed by atoms with E-state index in [0.29, 0.717) is 17.1 Å². The number of benzene rings is 2. The SMILES string of the molecule is COC(=O)CN1C(=O)C2(C(C(=O)OC)=C(N)Oc3cc(C)n(Cc4ccccc4OC)c(=O)c32)c2ccccc21. The van der Waals surface area contributed by atoms with Crippen LogP contribution >= 0.6 is 0 Å². The van der Waals surface area contributed by atoms with Crippen LogP contribution in [0.25, 0.3) is 0 Å². The van der Waals surface area contributed by atoms with E-state index in [4.69, 9.17) is 24.7 Å². The van der Waals surface area contributed by atoms with E-state index < -0.39 is 35.4 Å². The number of anilines is 1. The summed E-state index contributed by atoms with van der Waals surface area (Å²) < 4.78 is 22.6. The normalized spacial score (nSPS) is 17.3. The monoisotopic (exact) mass is 545 g/mol. The molecular weight excluding hydrogens is 518 g/mol. The highest BCUT2D eigenvalue weighted by Crippen LogP contribution is 2.54. The highest BCUT2D eigenvalue weighted by molar-refractivity contribution is 6.19. The van der Waals surface area contributed by atoms with E-state index in [0.717, 1.165) is 12.7 Å². The molecule has 1 unspecified atom stereocenters. The lowest BCUT2D eigenvalue weighted by atomic mass is 9.68. The summed E-state index contributed by atoms with van der Waals surface area (Å²) in [5.74, 6) is -2.18. The smallest absolute Gasteiger partial charge is 0.340 e. The van der Waals surface area contributed by atoms with Gasteiger partial charge in [-0.2, -0.15) is 0 Å². The molecule has 0 radical (unpaired) electrons. The summed E-state index contributed by atoms with van der Waals surface area (Å²) in [4.78, 5) is 55.8. The number of esters is 2. The van der Waals surface area contributed by atoms with Crippen molar-refractivity contribution in [3.8, 4) is 11.5 Å². The molecule has 1 aromatic heterocycles. The molecule has 0 bridgehead atoms. The predicted octanol–water partition coefficient (Wildman–Crippen LogP) is 1.76. The molecule has 2 N–H and O–H groups in total. The molecule has 0 saturated carbocycles. The van der Waals surface area contributed by atoms with Crippen molar-refractivity contribution in [2.75, 3.05) is 32.8 Å². The van der Waals surface area contributed by atoms with Crippen molar-refractivity contribution >= 4 is 23.5 Å². The Balaban J connectivity index is 1.85. The molecule has 5 rings (SSSR count). The van der Waals surface area contributed by atoms with E-state index in [1.165, 1.54) is 23.7 Å². The number of pyridine rings is 1. The lowest BCUT2D eigenvalue weighted by Gasteiger charge is -2.36. The minimum atomic E-state index is -2.05. The first-order chi connectivity index (χ1) is 19.2. The summed E-state index contributed by atoms with van der Waals surface area (Å²) in [6, 6.07) is 15.4. The maximum atomic E-state index is 14.5. The summed E-state index contributed by atoms with van der Waals surface area (Å²) in [6.45, 7) is 1.36. The van der Waals surface area contributed by atoms with Crippen LogP contribution in [0.4, 0.5) is 5.69 Å². The van der Waals surface area contributed by atoms with Crippen LogP contribution in [0.15, 0.2) is 70.8 Å². The number of rotatable bonds is 6. The number of nitrogens with zero attached hydrogens (tertiary/aromatic N) is 2. The van der Waals surface area contributed by atoms with Gasteiger partial charge in [-0.25, -0.2) is 4.79 Å². The maximum Gasteiger partial charge on any atom is 0.340 e. The molecule has 206 valence electrons. The van der Waals surface area contributed by atoms with Crippen LogP contribution in [0.5, 0.6) is 11.5 Å². The van der Waals surface area contributed by atoms with Gasteiger partial charge in [0.15, 0.2) is 0 Å². The molecule has 1 atom stereocenters. The zero-order chi connectivity index (χ0) is 28.8. The Kier molecular flexibility index (Phi) is 6.58. The number of aryl methyl sites for hydroxylation is 1. The highest BCUT2D eigenvalue weighted by Gasteiger charge is 2.62. The van der Waals surface area contributed by atoms with Crippen LogP contribution in [0, 0.1) is 6.92 Å². The van der Waals surface area contributed by atoms with E-state index in [1.807, 2.05) is 18.2 Å². The largest absolute Gasteiger partial charge is 0.496 e. The summed E-state index contributed by atoms with van der Waals surface area (Å²) >= 11 is 0. The number of para-hydroxylation sites is 2. The van der Waals surface area contributed by atoms with Crippen molar-refractivity contribution < 1.29 is 33.3 Å². The van der Waals surface area contributed by atoms with Crippen LogP contribution in [0.1, 0.15) is 22.4 Å². The quantitative estimate of drug-likeness (QED) is 0.459. The minimum absolute atomic E-state index is 0.0204. The van der Waals surface area contributed by atoms with E-state index in [2.05, 4.69) is 0 Å². The molecule has 1 spiro atoms. The number of aromatic nitrogens is 1. The molecule has 40 heavy (non-hydrogen) atoms. The molecule has 2 aromatic carbocycles. The van der Waals surface area contributed by atoms with E-state index in [1.54, 1.807) is 43.3 Å². The van der Waals surface area contributed by atoms with Crippen molar-refractivity contribution in [3.05, 3.63) is 98.8 Å². The molecule has 3 heterocycles. The number of carbonyl (C=O) groups is 3. The number of nitrogens with two attached hydrogens (primary N) is 1. The third-order valence-electron chi connectivity index (χ3n) is 7.28. The van der Waals surface area contributed by atoms with Gasteiger partial charge in [0.25, 0.3) is 5.56 Å². The predicted molar refractivity (Wildman–Crippen MR) is 143 cm³/mol. The number of fused-ring (bicyclic) bond motifs is 4. The summed E-state index contributed by atoms with van der Waals surface area (Å²) in [7, 11) is 3.87. The molecule has 0 saturated heterocycles. The molecule has 0 aliphatic carbocycles. The van der Waals surface area contributed by atoms with Gasteiger partial charge >= 0.3 is 11.9 Å². The Morgan fingerprint density at radius 1 is 1.00 bits per heavy atom. The topological polar surface area (TPSA) is 139 Å². The molecule has 3 aromatic rings. The van der Waals surface area contributed by atoms with Crippen molar-refractivity contribution in [3.63, 3.8) is 0 Å². The fraction of sp³-hybridized carbons (Fsp3) is 0.241. The number of hydrogen-bond donors (Lipinski definition) is 1. The average Bonchev–Trinajstić information content (AvgIpc) is 3.18. The number of carbonyl (C=O) groups excluding carboxylic acids is 3. The fourth-order valence-electron chi connectivity index (χ4n) is 5.49. The first-order valence-electron chi connectivity index (χ1n) is 12.3. The van der Waals surface area contributed by atoms with Crippen LogP contribution in [-0.2, 0) is 35.8 Å². The summed E-state index contributed by atoms with van der Waals surface area (Å²) in [5.41, 5.74) is 5.01. The van der Waals surface area contributed by atoms with Gasteiger partial charge in [-0.15, -0.1) is 0 Å². The van der Waals surface area contributed by atoms with Crippen molar-refractivity contribution in [1.82, 2.24) is 4.57 Å². The van der Waals surface area contributed by atoms with Crippen molar-refractivity contribution in [2.24, 2.45) is 5.73 Å². The zero-order valence-corrected chi connectivity index (χ0v) is 22.3. The van der Waals surface area contributed by atoms with Gasteiger partial charge in [-0.05, 0) is 19.1 Å². The first-order valence-corrected chi connectivity index (χ1v) is 12.3. The van der Waals surface area contributed by atoms with Gasteiger partial charge in [-0.3, -0.25) is 19.3 Å². The van der Waals surface area contributed by atoms with Gasteiger partial charge in [0.2, 0.25) is 11.8 Å². The number of hydrogen-bond acceptors (Lipinski definition) is 9. The Morgan fingerprint density at radius 3 is 2.40 bits per heavy atom. The van der Waals surface area contributed by atoms with Crippen LogP contribution in [-0.4, -0.2) is 50.3 Å². The van der Waals surface area contributed by atoms with Crippen LogP contribution < -0.4 is 25.7 Å². The molecular formula is C29H27N3O8. The molecule has 11 heteroatoms. The highest BCUT2D eigenvalue weighted by atomic mass is 16.5. The van der Waals surface area contributed by atoms with Crippen LogP contribution in [0.3, 0.4) is 0 Å². The fourth-order valence-corrected chi connectivity index (χ4v) is 5.49. The van der Waals surface area contributed by atoms with E-state index in [-0.39, 0.29) is 34.9 Å². The standard InChI is InChI=1S/C29H27N3O8/c1-16-13-21-23(26(34)31(16)14-17-9-5-8-12-20(17)37-2)29(24(25(30)40-21)27(35)39-4)18-10-6-7-11-19(18)32(28(29)36)15-22(33)38-3/h5-13H,14-15,30H2,1-4H3. The Morgan fingerprint density at radius 2 is 1.70 bits per heavy atom. The third-order valence-corrected chi connectivity index (χ3v) is 7.28. The van der Waals surface area contributed by atoms with Gasteiger partial charge < -0.3 is 29.2 Å². The van der Waals surface area contributed by atoms with Gasteiger partial charge in [0.1, 0.15) is 29.0 Å². The summed E-state index contributed by atoms with van der Waals surface area (Å²) in [5, 5.41) is 0. The Labute approximate surface area is 229 Å². The molecule has 2 aliphatic rings. The maximum absolute atomic E-state index is 14.5. The summed E-state index contributed by atoms with van der Waals surface area (Å²) in [6.07, 6.45) is 0. The first kappa shape index (κ1) is 26.5. The second kappa shape index (κ2) is 9.92. The van der Waals surface area contributed by atoms with E-state index >= 15 is 0 Å². The van der Waals surface area contributed by atoms with Gasteiger partial charge in [0, 0.05) is 28.6 Å². The Hall–Kier alpha value is -5.06. The average molecular weight is 546 g/mol. The second-order valence-corrected chi connectivity index (χ2v) is 9.30. The third kappa shape index (κ3) is 3.73. The zero-order valence-electron chi connectivity index (χ0n) is 22.3.